The van der Waals surface area contributed by atoms with Crippen LogP contribution in [0.2, 0.25) is 5.02 Å². The quantitative estimate of drug-likeness (QED) is 0.648. The van der Waals surface area contributed by atoms with Gasteiger partial charge in [-0.25, -0.2) is 4.98 Å². The van der Waals surface area contributed by atoms with Crippen LogP contribution in [-0.2, 0) is 16.1 Å². The summed E-state index contributed by atoms with van der Waals surface area (Å²) in [5, 5.41) is 4.64. The molecule has 0 fully saturated rings. The van der Waals surface area contributed by atoms with Crippen LogP contribution in [-0.4, -0.2) is 34.9 Å². The third kappa shape index (κ3) is 5.50. The van der Waals surface area contributed by atoms with E-state index in [2.05, 4.69) is 21.8 Å². The van der Waals surface area contributed by atoms with Crippen LogP contribution in [0.1, 0.15) is 36.3 Å². The summed E-state index contributed by atoms with van der Waals surface area (Å²) < 4.78 is 7.27. The minimum Gasteiger partial charge on any atom is -0.383 e. The average Bonchev–Trinajstić information content (AvgIpc) is 2.90. The minimum absolute atomic E-state index is 0.00611. The number of nitrogens with one attached hydrogen (secondary N) is 1. The van der Waals surface area contributed by atoms with E-state index in [4.69, 9.17) is 16.3 Å². The van der Waals surface area contributed by atoms with Crippen molar-refractivity contribution in [2.75, 3.05) is 19.5 Å². The lowest BCUT2D eigenvalue weighted by Crippen LogP contribution is -2.29. The maximum atomic E-state index is 12.4. The van der Waals surface area contributed by atoms with Crippen LogP contribution in [0.15, 0.2) is 29.4 Å². The number of hydrogen-bond acceptors (Lipinski definition) is 4. The molecule has 2 aromatic rings. The summed E-state index contributed by atoms with van der Waals surface area (Å²) in [7, 11) is 1.68. The van der Waals surface area contributed by atoms with Crippen molar-refractivity contribution in [3.05, 3.63) is 46.2 Å². The molecule has 1 amide bonds. The maximum Gasteiger partial charge on any atom is 0.230 e. The van der Waals surface area contributed by atoms with Gasteiger partial charge in [-0.1, -0.05) is 42.4 Å². The molecule has 1 N–H and O–H groups in total. The zero-order valence-corrected chi connectivity index (χ0v) is 17.3. The number of halogens is 1. The first-order valence-corrected chi connectivity index (χ1v) is 10.0. The number of carbonyl (C=O) groups excluding carboxylic acids is 1. The molecule has 0 aliphatic rings. The van der Waals surface area contributed by atoms with Crippen LogP contribution < -0.4 is 5.32 Å². The van der Waals surface area contributed by atoms with Crippen molar-refractivity contribution in [1.29, 1.82) is 0 Å². The molecule has 7 heteroatoms. The molecular formula is C19H26ClN3O2S. The van der Waals surface area contributed by atoms with E-state index in [1.165, 1.54) is 11.8 Å². The number of amides is 1. The van der Waals surface area contributed by atoms with Gasteiger partial charge in [-0.3, -0.25) is 4.79 Å². The number of thioether (sulfide) groups is 1. The summed E-state index contributed by atoms with van der Waals surface area (Å²) in [4.78, 5) is 17.0. The van der Waals surface area contributed by atoms with Crippen LogP contribution in [0.4, 0.5) is 0 Å². The molecule has 0 saturated heterocycles. The average molecular weight is 396 g/mol. The van der Waals surface area contributed by atoms with Crippen LogP contribution in [0.3, 0.4) is 0 Å². The number of aromatic nitrogens is 2. The molecule has 1 aromatic heterocycles. The number of ether oxygens (including phenoxy) is 1. The zero-order valence-electron chi connectivity index (χ0n) is 15.7. The number of rotatable bonds is 9. The van der Waals surface area contributed by atoms with E-state index < -0.39 is 0 Å². The van der Waals surface area contributed by atoms with Gasteiger partial charge < -0.3 is 14.6 Å². The largest absolute Gasteiger partial charge is 0.383 e. The van der Waals surface area contributed by atoms with Crippen LogP contribution in [0.5, 0.6) is 0 Å². The first-order valence-electron chi connectivity index (χ1n) is 8.66. The highest BCUT2D eigenvalue weighted by Gasteiger charge is 2.16. The Labute approximate surface area is 164 Å². The van der Waals surface area contributed by atoms with Gasteiger partial charge in [0.05, 0.1) is 24.1 Å². The number of benzene rings is 1. The Kier molecular flexibility index (Phi) is 8.00. The molecule has 0 bridgehead atoms. The van der Waals surface area contributed by atoms with Gasteiger partial charge >= 0.3 is 0 Å². The molecule has 1 atom stereocenters. The number of hydrogen-bond donors (Lipinski definition) is 1. The molecule has 1 aromatic carbocycles. The lowest BCUT2D eigenvalue weighted by molar-refractivity contribution is -0.119. The fourth-order valence-electron chi connectivity index (χ4n) is 2.66. The number of aryl methyl sites for hydroxylation is 1. The Morgan fingerprint density at radius 3 is 2.65 bits per heavy atom. The number of imidazole rings is 1. The minimum atomic E-state index is -0.0166. The lowest BCUT2D eigenvalue weighted by atomic mass is 10.0. The molecular weight excluding hydrogens is 370 g/mol. The SMILES string of the molecule is CCC(NC(=O)CSc1nc(C)c(C)n1CCOC)c1ccc(Cl)cc1. The molecule has 0 spiro atoms. The molecule has 142 valence electrons. The van der Waals surface area contributed by atoms with Gasteiger partial charge in [0, 0.05) is 24.4 Å². The Hall–Kier alpha value is -1.50. The van der Waals surface area contributed by atoms with E-state index in [-0.39, 0.29) is 11.9 Å². The van der Waals surface area contributed by atoms with Gasteiger partial charge in [0.25, 0.3) is 0 Å². The van der Waals surface area contributed by atoms with E-state index in [1.54, 1.807) is 7.11 Å². The zero-order chi connectivity index (χ0) is 19.1. The Morgan fingerprint density at radius 2 is 2.04 bits per heavy atom. The van der Waals surface area contributed by atoms with Gasteiger partial charge in [-0.05, 0) is 38.0 Å². The van der Waals surface area contributed by atoms with Crippen molar-refractivity contribution in [2.45, 2.75) is 44.9 Å². The summed E-state index contributed by atoms with van der Waals surface area (Å²) in [6, 6.07) is 7.58. The van der Waals surface area contributed by atoms with Gasteiger partial charge in [0.2, 0.25) is 5.91 Å². The Balaban J connectivity index is 1.97. The third-order valence-corrected chi connectivity index (χ3v) is 5.52. The topological polar surface area (TPSA) is 56.2 Å². The summed E-state index contributed by atoms with van der Waals surface area (Å²) in [5.74, 6) is 0.320. The molecule has 0 saturated carbocycles. The molecule has 0 aliphatic heterocycles. The Morgan fingerprint density at radius 1 is 1.35 bits per heavy atom. The van der Waals surface area contributed by atoms with Crippen molar-refractivity contribution in [2.24, 2.45) is 0 Å². The molecule has 0 aliphatic carbocycles. The van der Waals surface area contributed by atoms with Crippen LogP contribution in [0, 0.1) is 13.8 Å². The van der Waals surface area contributed by atoms with E-state index in [9.17, 15) is 4.79 Å². The summed E-state index contributed by atoms with van der Waals surface area (Å²) in [5.41, 5.74) is 3.15. The van der Waals surface area contributed by atoms with Crippen molar-refractivity contribution < 1.29 is 9.53 Å². The Bertz CT molecular complexity index is 731. The van der Waals surface area contributed by atoms with Crippen LogP contribution in [0.25, 0.3) is 0 Å². The standard InChI is InChI=1S/C19H26ClN3O2S/c1-5-17(15-6-8-16(20)9-7-15)22-18(24)12-26-19-21-13(2)14(3)23(19)10-11-25-4/h6-9,17H,5,10-12H2,1-4H3,(H,22,24). The summed E-state index contributed by atoms with van der Waals surface area (Å²) in [6.07, 6.45) is 0.818. The fourth-order valence-corrected chi connectivity index (χ4v) is 3.72. The maximum absolute atomic E-state index is 12.4. The van der Waals surface area contributed by atoms with Crippen molar-refractivity contribution in [3.8, 4) is 0 Å². The van der Waals surface area contributed by atoms with Gasteiger partial charge in [-0.15, -0.1) is 0 Å². The van der Waals surface area contributed by atoms with E-state index >= 15 is 0 Å². The summed E-state index contributed by atoms with van der Waals surface area (Å²) >= 11 is 7.39. The van der Waals surface area contributed by atoms with Crippen molar-refractivity contribution >= 4 is 29.3 Å². The second-order valence-electron chi connectivity index (χ2n) is 6.08. The predicted octanol–water partition coefficient (Wildman–Crippen LogP) is 4.16. The second kappa shape index (κ2) is 10.00. The molecule has 26 heavy (non-hydrogen) atoms. The van der Waals surface area contributed by atoms with Crippen LogP contribution >= 0.6 is 23.4 Å². The molecule has 5 nitrogen and oxygen atoms in total. The molecule has 0 radical (unpaired) electrons. The summed E-state index contributed by atoms with van der Waals surface area (Å²) in [6.45, 7) is 7.42. The highest BCUT2D eigenvalue weighted by Crippen LogP contribution is 2.22. The fraction of sp³-hybridized carbons (Fsp3) is 0.474. The van der Waals surface area contributed by atoms with E-state index in [0.29, 0.717) is 17.4 Å². The normalized spacial score (nSPS) is 12.2. The molecule has 1 unspecified atom stereocenters. The van der Waals surface area contributed by atoms with Gasteiger partial charge in [0.1, 0.15) is 0 Å². The van der Waals surface area contributed by atoms with Gasteiger partial charge in [0.15, 0.2) is 5.16 Å². The lowest BCUT2D eigenvalue weighted by Gasteiger charge is -2.17. The monoisotopic (exact) mass is 395 g/mol. The highest BCUT2D eigenvalue weighted by molar-refractivity contribution is 7.99. The number of nitrogens with zero attached hydrogens (tertiary/aromatic N) is 2. The number of carbonyl (C=O) groups is 1. The molecule has 1 heterocycles. The van der Waals surface area contributed by atoms with Crippen molar-refractivity contribution in [1.82, 2.24) is 14.9 Å². The second-order valence-corrected chi connectivity index (χ2v) is 7.46. The van der Waals surface area contributed by atoms with E-state index in [0.717, 1.165) is 35.1 Å². The first kappa shape index (κ1) is 20.8. The highest BCUT2D eigenvalue weighted by atomic mass is 35.5. The predicted molar refractivity (Wildman–Crippen MR) is 107 cm³/mol. The van der Waals surface area contributed by atoms with Crippen molar-refractivity contribution in [3.63, 3.8) is 0 Å². The number of methoxy groups -OCH3 is 1. The first-order chi connectivity index (χ1) is 12.5. The third-order valence-electron chi connectivity index (χ3n) is 4.29. The van der Waals surface area contributed by atoms with Gasteiger partial charge in [-0.2, -0.15) is 0 Å². The van der Waals surface area contributed by atoms with E-state index in [1.807, 2.05) is 38.1 Å². The smallest absolute Gasteiger partial charge is 0.230 e. The molecule has 2 rings (SSSR count).